The Morgan fingerprint density at radius 1 is 0.630 bits per heavy atom. The Balaban J connectivity index is 0.000000184. The number of carbonyl (C=O) groups is 1. The summed E-state index contributed by atoms with van der Waals surface area (Å²) < 4.78 is 0. The fourth-order valence-electron chi connectivity index (χ4n) is 5.51. The van der Waals surface area contributed by atoms with Crippen molar-refractivity contribution in [2.75, 3.05) is 62.2 Å². The summed E-state index contributed by atoms with van der Waals surface area (Å²) in [7, 11) is 0. The van der Waals surface area contributed by atoms with Gasteiger partial charge in [-0.15, -0.1) is 0 Å². The van der Waals surface area contributed by atoms with Crippen LogP contribution in [-0.4, -0.2) is 88.0 Å². The number of hydrogen-bond acceptors (Lipinski definition) is 10. The zero-order valence-corrected chi connectivity index (χ0v) is 26.8. The SMILES string of the molecule is CCC(=O)NCc1ccc(CN2CCN(c3ncccn3)CC2)cc1.NCc1ccc(CN2CCN(c3ncccn3)CC2)cc1. The highest BCUT2D eigenvalue weighted by Crippen LogP contribution is 2.15. The maximum atomic E-state index is 11.3. The Bertz CT molecular complexity index is 1440. The van der Waals surface area contributed by atoms with E-state index in [-0.39, 0.29) is 5.91 Å². The first-order valence-corrected chi connectivity index (χ1v) is 16.2. The summed E-state index contributed by atoms with van der Waals surface area (Å²) in [5.41, 5.74) is 10.6. The first-order chi connectivity index (χ1) is 22.6. The molecule has 0 unspecified atom stereocenters. The fraction of sp³-hybridized carbons (Fsp3) is 0.400. The first kappa shape index (κ1) is 32.9. The van der Waals surface area contributed by atoms with Gasteiger partial charge in [0, 0.05) is 110 Å². The van der Waals surface area contributed by atoms with Crippen molar-refractivity contribution in [3.05, 3.63) is 108 Å². The number of piperazine rings is 2. The molecule has 2 fully saturated rings. The summed E-state index contributed by atoms with van der Waals surface area (Å²) in [5.74, 6) is 1.74. The predicted octanol–water partition coefficient (Wildman–Crippen LogP) is 3.08. The number of benzene rings is 2. The van der Waals surface area contributed by atoms with Gasteiger partial charge in [0.2, 0.25) is 17.8 Å². The van der Waals surface area contributed by atoms with Gasteiger partial charge in [-0.3, -0.25) is 14.6 Å². The van der Waals surface area contributed by atoms with Crippen molar-refractivity contribution in [2.24, 2.45) is 5.73 Å². The average molecular weight is 623 g/mol. The van der Waals surface area contributed by atoms with Crippen LogP contribution in [0.1, 0.15) is 35.6 Å². The van der Waals surface area contributed by atoms with Gasteiger partial charge in [0.25, 0.3) is 0 Å². The zero-order chi connectivity index (χ0) is 32.0. The van der Waals surface area contributed by atoms with Crippen LogP contribution in [-0.2, 0) is 31.0 Å². The van der Waals surface area contributed by atoms with Crippen LogP contribution in [0.15, 0.2) is 85.5 Å². The minimum atomic E-state index is 0.0874. The molecule has 0 aliphatic carbocycles. The van der Waals surface area contributed by atoms with Gasteiger partial charge in [0.05, 0.1) is 0 Å². The lowest BCUT2D eigenvalue weighted by molar-refractivity contribution is -0.120. The molecule has 4 heterocycles. The molecule has 0 spiro atoms. The molecule has 11 nitrogen and oxygen atoms in total. The van der Waals surface area contributed by atoms with Crippen LogP contribution in [0.2, 0.25) is 0 Å². The molecule has 2 saturated heterocycles. The largest absolute Gasteiger partial charge is 0.352 e. The van der Waals surface area contributed by atoms with Gasteiger partial charge in [-0.25, -0.2) is 19.9 Å². The Labute approximate surface area is 272 Å². The van der Waals surface area contributed by atoms with Crippen LogP contribution in [0.25, 0.3) is 0 Å². The third-order valence-corrected chi connectivity index (χ3v) is 8.32. The van der Waals surface area contributed by atoms with E-state index in [4.69, 9.17) is 5.73 Å². The number of hydrogen-bond donors (Lipinski definition) is 2. The van der Waals surface area contributed by atoms with Gasteiger partial charge >= 0.3 is 0 Å². The minimum Gasteiger partial charge on any atom is -0.352 e. The molecule has 3 N–H and O–H groups in total. The molecule has 6 rings (SSSR count). The number of aromatic nitrogens is 4. The van der Waals surface area contributed by atoms with Crippen LogP contribution in [0, 0.1) is 0 Å². The van der Waals surface area contributed by atoms with Crippen LogP contribution in [0.5, 0.6) is 0 Å². The molecule has 242 valence electrons. The maximum Gasteiger partial charge on any atom is 0.225 e. The van der Waals surface area contributed by atoms with E-state index in [1.807, 2.05) is 19.1 Å². The molecule has 11 heteroatoms. The van der Waals surface area contributed by atoms with Crippen molar-refractivity contribution in [3.63, 3.8) is 0 Å². The van der Waals surface area contributed by atoms with Crippen molar-refractivity contribution in [1.82, 2.24) is 35.1 Å². The molecule has 2 aliphatic rings. The molecule has 0 atom stereocenters. The first-order valence-electron chi connectivity index (χ1n) is 16.2. The summed E-state index contributed by atoms with van der Waals surface area (Å²) in [6, 6.07) is 20.8. The highest BCUT2D eigenvalue weighted by Gasteiger charge is 2.20. The van der Waals surface area contributed by atoms with Gasteiger partial charge in [0.1, 0.15) is 0 Å². The lowest BCUT2D eigenvalue weighted by atomic mass is 10.1. The molecule has 2 aliphatic heterocycles. The van der Waals surface area contributed by atoms with Gasteiger partial charge in [-0.05, 0) is 34.4 Å². The van der Waals surface area contributed by atoms with Crippen molar-refractivity contribution < 1.29 is 4.79 Å². The molecule has 0 bridgehead atoms. The maximum absolute atomic E-state index is 11.3. The fourth-order valence-corrected chi connectivity index (χ4v) is 5.51. The molecule has 2 aromatic heterocycles. The van der Waals surface area contributed by atoms with E-state index in [9.17, 15) is 4.79 Å². The number of nitrogens with one attached hydrogen (secondary N) is 1. The topological polar surface area (TPSA) is 120 Å². The number of nitrogens with two attached hydrogens (primary N) is 1. The standard InChI is InChI=1S/C19H25N5O.C16H21N5/c1-2-18(25)22-14-16-4-6-17(7-5-16)15-23-10-12-24(13-11-23)19-20-8-3-9-21-19;17-12-14-2-4-15(5-3-14)13-20-8-10-21(11-9-20)16-18-6-1-7-19-16/h3-9H,2,10-15H2,1H3,(H,22,25);1-7H,8-13,17H2. The number of rotatable bonds is 10. The Kier molecular flexibility index (Phi) is 12.4. The molecule has 2 aromatic carbocycles. The number of anilines is 2. The van der Waals surface area contributed by atoms with Crippen molar-refractivity contribution in [3.8, 4) is 0 Å². The lowest BCUT2D eigenvalue weighted by Crippen LogP contribution is -2.46. The van der Waals surface area contributed by atoms with E-state index in [1.54, 1.807) is 24.8 Å². The highest BCUT2D eigenvalue weighted by molar-refractivity contribution is 5.75. The second-order valence-electron chi connectivity index (χ2n) is 11.6. The van der Waals surface area contributed by atoms with Gasteiger partial charge in [0.15, 0.2) is 0 Å². The summed E-state index contributed by atoms with van der Waals surface area (Å²) in [5, 5.41) is 2.90. The summed E-state index contributed by atoms with van der Waals surface area (Å²) in [6.45, 7) is 13.0. The van der Waals surface area contributed by atoms with E-state index in [0.29, 0.717) is 19.5 Å². The van der Waals surface area contributed by atoms with Crippen molar-refractivity contribution in [1.29, 1.82) is 0 Å². The Morgan fingerprint density at radius 3 is 1.41 bits per heavy atom. The molecule has 0 radical (unpaired) electrons. The molecule has 1 amide bonds. The predicted molar refractivity (Wildman–Crippen MR) is 182 cm³/mol. The third-order valence-electron chi connectivity index (χ3n) is 8.32. The molecular formula is C35H46N10O. The number of nitrogens with zero attached hydrogens (tertiary/aromatic N) is 8. The zero-order valence-electron chi connectivity index (χ0n) is 26.8. The highest BCUT2D eigenvalue weighted by atomic mass is 16.1. The Hall–Kier alpha value is -4.45. The van der Waals surface area contributed by atoms with Gasteiger partial charge in [-0.2, -0.15) is 0 Å². The van der Waals surface area contributed by atoms with Crippen molar-refractivity contribution in [2.45, 2.75) is 39.5 Å². The van der Waals surface area contributed by atoms with Crippen molar-refractivity contribution >= 4 is 17.8 Å². The van der Waals surface area contributed by atoms with Crippen LogP contribution in [0.3, 0.4) is 0 Å². The quantitative estimate of drug-likeness (QED) is 0.273. The van der Waals surface area contributed by atoms with E-state index < -0.39 is 0 Å². The van der Waals surface area contributed by atoms with E-state index >= 15 is 0 Å². The molecular weight excluding hydrogens is 576 g/mol. The molecule has 46 heavy (non-hydrogen) atoms. The summed E-state index contributed by atoms with van der Waals surface area (Å²) >= 11 is 0. The lowest BCUT2D eigenvalue weighted by Gasteiger charge is -2.34. The second kappa shape index (κ2) is 17.3. The van der Waals surface area contributed by atoms with Gasteiger partial charge < -0.3 is 20.9 Å². The molecule has 4 aromatic rings. The Morgan fingerprint density at radius 2 is 1.02 bits per heavy atom. The summed E-state index contributed by atoms with van der Waals surface area (Å²) in [6.07, 6.45) is 7.71. The number of amides is 1. The van der Waals surface area contributed by atoms with E-state index in [1.165, 1.54) is 16.7 Å². The smallest absolute Gasteiger partial charge is 0.225 e. The van der Waals surface area contributed by atoms with Crippen LogP contribution >= 0.6 is 0 Å². The van der Waals surface area contributed by atoms with Crippen LogP contribution < -0.4 is 20.9 Å². The normalized spacial score (nSPS) is 15.6. The van der Waals surface area contributed by atoms with E-state index in [0.717, 1.165) is 82.9 Å². The molecule has 0 saturated carbocycles. The monoisotopic (exact) mass is 622 g/mol. The van der Waals surface area contributed by atoms with Crippen LogP contribution in [0.4, 0.5) is 11.9 Å². The second-order valence-corrected chi connectivity index (χ2v) is 11.6. The summed E-state index contributed by atoms with van der Waals surface area (Å²) in [4.78, 5) is 38.0. The average Bonchev–Trinajstić information content (AvgIpc) is 3.13. The van der Waals surface area contributed by atoms with Gasteiger partial charge in [-0.1, -0.05) is 55.5 Å². The minimum absolute atomic E-state index is 0.0874. The van der Waals surface area contributed by atoms with E-state index in [2.05, 4.69) is 93.4 Å². The number of carbonyl (C=O) groups excluding carboxylic acids is 1. The third kappa shape index (κ3) is 10.0.